The molecule has 1 heterocycles. The molecule has 2 rings (SSSR count). The Morgan fingerprint density at radius 3 is 2.62 bits per heavy atom. The van der Waals surface area contributed by atoms with Crippen LogP contribution in [0.3, 0.4) is 0 Å². The van der Waals surface area contributed by atoms with Crippen LogP contribution in [0.15, 0.2) is 18.2 Å². The maximum absolute atomic E-state index is 13.4. The predicted molar refractivity (Wildman–Crippen MR) is 74.6 cm³/mol. The third-order valence-corrected chi connectivity index (χ3v) is 3.55. The highest BCUT2D eigenvalue weighted by Crippen LogP contribution is 2.19. The molecule has 1 aliphatic rings. The van der Waals surface area contributed by atoms with Crippen molar-refractivity contribution < 1.29 is 18.4 Å². The fourth-order valence-corrected chi connectivity index (χ4v) is 2.47. The number of nitrogens with zero attached hydrogens (tertiary/aromatic N) is 1. The van der Waals surface area contributed by atoms with E-state index in [1.54, 1.807) is 4.90 Å². The number of amides is 2. The first-order chi connectivity index (χ1) is 9.97. The molecule has 114 valence electrons. The van der Waals surface area contributed by atoms with Gasteiger partial charge in [-0.2, -0.15) is 0 Å². The first-order valence-electron chi connectivity index (χ1n) is 6.99. The average Bonchev–Trinajstić information content (AvgIpc) is 2.43. The molecule has 1 fully saturated rings. The van der Waals surface area contributed by atoms with Crippen molar-refractivity contribution in [2.24, 2.45) is 5.92 Å². The van der Waals surface area contributed by atoms with Gasteiger partial charge < -0.3 is 10.2 Å². The lowest BCUT2D eigenvalue weighted by atomic mass is 10.00. The van der Waals surface area contributed by atoms with Gasteiger partial charge in [0, 0.05) is 13.1 Å². The fourth-order valence-electron chi connectivity index (χ4n) is 2.47. The van der Waals surface area contributed by atoms with Crippen LogP contribution in [0.4, 0.5) is 14.5 Å². The van der Waals surface area contributed by atoms with E-state index in [0.717, 1.165) is 25.0 Å². The summed E-state index contributed by atoms with van der Waals surface area (Å²) in [7, 11) is 0. The van der Waals surface area contributed by atoms with E-state index >= 15 is 0 Å². The van der Waals surface area contributed by atoms with E-state index in [1.807, 2.05) is 6.92 Å². The molecule has 0 saturated carbocycles. The zero-order valence-corrected chi connectivity index (χ0v) is 11.9. The van der Waals surface area contributed by atoms with Crippen LogP contribution in [-0.4, -0.2) is 29.8 Å². The molecular weight excluding hydrogens is 278 g/mol. The summed E-state index contributed by atoms with van der Waals surface area (Å²) in [5.74, 6) is -2.32. The summed E-state index contributed by atoms with van der Waals surface area (Å²) < 4.78 is 26.8. The summed E-state index contributed by atoms with van der Waals surface area (Å²) in [6, 6.07) is 3.31. The molecule has 0 radical (unpaired) electrons. The molecule has 2 amide bonds. The summed E-state index contributed by atoms with van der Waals surface area (Å²) in [4.78, 5) is 25.4. The van der Waals surface area contributed by atoms with Gasteiger partial charge >= 0.3 is 0 Å². The number of hydrogen-bond donors (Lipinski definition) is 1. The minimum absolute atomic E-state index is 0.309. The second-order valence-corrected chi connectivity index (χ2v) is 5.41. The number of carbonyl (C=O) groups excluding carboxylic acids is 2. The van der Waals surface area contributed by atoms with Crippen LogP contribution in [0.2, 0.25) is 0 Å². The number of anilines is 1. The summed E-state index contributed by atoms with van der Waals surface area (Å²) >= 11 is 0. The molecule has 6 heteroatoms. The Hall–Kier alpha value is -1.98. The van der Waals surface area contributed by atoms with Crippen LogP contribution in [0.5, 0.6) is 0 Å². The standard InChI is InChI=1S/C15H18F2N2O2/c1-10-4-3-7-19(9-10)14(21)8-13(20)18-15-11(16)5-2-6-12(15)17/h2,5-6,10H,3-4,7-9H2,1H3,(H,18,20). The molecule has 21 heavy (non-hydrogen) atoms. The van der Waals surface area contributed by atoms with Crippen LogP contribution in [0, 0.1) is 17.6 Å². The van der Waals surface area contributed by atoms with E-state index in [2.05, 4.69) is 5.32 Å². The van der Waals surface area contributed by atoms with Gasteiger partial charge in [0.15, 0.2) is 0 Å². The number of rotatable bonds is 3. The van der Waals surface area contributed by atoms with Gasteiger partial charge in [0.25, 0.3) is 0 Å². The van der Waals surface area contributed by atoms with Crippen molar-refractivity contribution in [1.29, 1.82) is 0 Å². The minimum atomic E-state index is -0.859. The molecule has 4 nitrogen and oxygen atoms in total. The van der Waals surface area contributed by atoms with Crippen molar-refractivity contribution in [3.8, 4) is 0 Å². The number of likely N-dealkylation sites (tertiary alicyclic amines) is 1. The number of hydrogen-bond acceptors (Lipinski definition) is 2. The number of benzene rings is 1. The lowest BCUT2D eigenvalue weighted by Crippen LogP contribution is -2.40. The van der Waals surface area contributed by atoms with E-state index in [-0.39, 0.29) is 5.91 Å². The predicted octanol–water partition coefficient (Wildman–Crippen LogP) is 2.55. The van der Waals surface area contributed by atoms with Gasteiger partial charge in [-0.3, -0.25) is 9.59 Å². The maximum atomic E-state index is 13.4. The van der Waals surface area contributed by atoms with E-state index in [9.17, 15) is 18.4 Å². The Morgan fingerprint density at radius 1 is 1.33 bits per heavy atom. The molecule has 1 aromatic rings. The zero-order valence-electron chi connectivity index (χ0n) is 11.9. The van der Waals surface area contributed by atoms with E-state index in [0.29, 0.717) is 19.0 Å². The second-order valence-electron chi connectivity index (χ2n) is 5.41. The maximum Gasteiger partial charge on any atom is 0.233 e. The van der Waals surface area contributed by atoms with Crippen molar-refractivity contribution in [3.63, 3.8) is 0 Å². The van der Waals surface area contributed by atoms with Crippen molar-refractivity contribution in [1.82, 2.24) is 4.90 Å². The fraction of sp³-hybridized carbons (Fsp3) is 0.467. The van der Waals surface area contributed by atoms with Crippen LogP contribution in [0.25, 0.3) is 0 Å². The first-order valence-corrected chi connectivity index (χ1v) is 6.99. The Labute approximate surface area is 122 Å². The van der Waals surface area contributed by atoms with Crippen LogP contribution < -0.4 is 5.32 Å². The Bertz CT molecular complexity index is 528. The van der Waals surface area contributed by atoms with Gasteiger partial charge in [0.2, 0.25) is 11.8 Å². The second kappa shape index (κ2) is 6.65. The third-order valence-electron chi connectivity index (χ3n) is 3.55. The molecular formula is C15H18F2N2O2. The molecule has 1 atom stereocenters. The Kier molecular flexibility index (Phi) is 4.88. The van der Waals surface area contributed by atoms with Gasteiger partial charge in [0.1, 0.15) is 23.7 Å². The van der Waals surface area contributed by atoms with Crippen molar-refractivity contribution in [3.05, 3.63) is 29.8 Å². The molecule has 0 bridgehead atoms. The monoisotopic (exact) mass is 296 g/mol. The van der Waals surface area contributed by atoms with Crippen LogP contribution in [0.1, 0.15) is 26.2 Å². The van der Waals surface area contributed by atoms with Crippen molar-refractivity contribution in [2.45, 2.75) is 26.2 Å². The van der Waals surface area contributed by atoms with Gasteiger partial charge in [-0.15, -0.1) is 0 Å². The lowest BCUT2D eigenvalue weighted by molar-refractivity contribution is -0.136. The Morgan fingerprint density at radius 2 is 2.00 bits per heavy atom. The summed E-state index contributed by atoms with van der Waals surface area (Å²) in [6.07, 6.45) is 1.58. The number of carbonyl (C=O) groups is 2. The van der Waals surface area contributed by atoms with Crippen molar-refractivity contribution in [2.75, 3.05) is 18.4 Å². The largest absolute Gasteiger partial charge is 0.342 e. The molecule has 0 aliphatic carbocycles. The third kappa shape index (κ3) is 4.00. The molecule has 1 N–H and O–H groups in total. The summed E-state index contributed by atoms with van der Waals surface area (Å²) in [5.41, 5.74) is -0.512. The number of piperidine rings is 1. The van der Waals surface area contributed by atoms with E-state index < -0.39 is 29.6 Å². The highest BCUT2D eigenvalue weighted by atomic mass is 19.1. The van der Waals surface area contributed by atoms with E-state index in [1.165, 1.54) is 6.07 Å². The summed E-state index contributed by atoms with van der Waals surface area (Å²) in [6.45, 7) is 3.30. The quantitative estimate of drug-likeness (QED) is 0.871. The number of para-hydroxylation sites is 1. The van der Waals surface area contributed by atoms with Gasteiger partial charge in [-0.1, -0.05) is 13.0 Å². The number of nitrogens with one attached hydrogen (secondary N) is 1. The molecule has 1 aromatic carbocycles. The molecule has 1 saturated heterocycles. The SMILES string of the molecule is CC1CCCN(C(=O)CC(=O)Nc2c(F)cccc2F)C1. The molecule has 1 unspecified atom stereocenters. The van der Waals surface area contributed by atoms with Gasteiger partial charge in [-0.05, 0) is 30.9 Å². The minimum Gasteiger partial charge on any atom is -0.342 e. The van der Waals surface area contributed by atoms with E-state index in [4.69, 9.17) is 0 Å². The highest BCUT2D eigenvalue weighted by Gasteiger charge is 2.23. The summed E-state index contributed by atoms with van der Waals surface area (Å²) in [5, 5.41) is 2.12. The van der Waals surface area contributed by atoms with Crippen LogP contribution in [-0.2, 0) is 9.59 Å². The van der Waals surface area contributed by atoms with Crippen molar-refractivity contribution >= 4 is 17.5 Å². The molecule has 1 aliphatic heterocycles. The van der Waals surface area contributed by atoms with Gasteiger partial charge in [0.05, 0.1) is 0 Å². The topological polar surface area (TPSA) is 49.4 Å². The highest BCUT2D eigenvalue weighted by molar-refractivity contribution is 6.03. The normalized spacial score (nSPS) is 18.4. The first kappa shape index (κ1) is 15.4. The number of halogens is 2. The molecule has 0 aromatic heterocycles. The molecule has 0 spiro atoms. The zero-order chi connectivity index (χ0) is 15.4. The average molecular weight is 296 g/mol. The van der Waals surface area contributed by atoms with Crippen LogP contribution >= 0.6 is 0 Å². The smallest absolute Gasteiger partial charge is 0.233 e. The lowest BCUT2D eigenvalue weighted by Gasteiger charge is -2.30. The Balaban J connectivity index is 1.94. The van der Waals surface area contributed by atoms with Gasteiger partial charge in [-0.25, -0.2) is 8.78 Å².